The number of hydrogen-bond donors (Lipinski definition) is 1. The van der Waals surface area contributed by atoms with Gasteiger partial charge in [0.25, 0.3) is 0 Å². The van der Waals surface area contributed by atoms with Crippen LogP contribution in [0.3, 0.4) is 0 Å². The van der Waals surface area contributed by atoms with E-state index < -0.39 is 30.5 Å². The minimum absolute atomic E-state index is 0.0101. The molecule has 0 spiro atoms. The number of rotatable bonds is 8. The van der Waals surface area contributed by atoms with Crippen molar-refractivity contribution in [3.8, 4) is 5.75 Å². The van der Waals surface area contributed by atoms with Gasteiger partial charge in [-0.05, 0) is 53.4 Å². The number of benzene rings is 3. The molecule has 0 bridgehead atoms. The van der Waals surface area contributed by atoms with E-state index in [1.807, 2.05) is 35.2 Å². The monoisotopic (exact) mass is 503 g/mol. The lowest BCUT2D eigenvalue weighted by atomic mass is 9.71. The number of fused-ring (bicyclic) bond motifs is 1. The van der Waals surface area contributed by atoms with Gasteiger partial charge in [0.05, 0.1) is 18.8 Å². The number of aliphatic hydroxyl groups is 1. The van der Waals surface area contributed by atoms with Gasteiger partial charge < -0.3 is 19.5 Å². The molecule has 3 aromatic rings. The summed E-state index contributed by atoms with van der Waals surface area (Å²) in [5.74, 6) is -0.867. The van der Waals surface area contributed by atoms with Crippen LogP contribution in [-0.2, 0) is 16.6 Å². The average molecular weight is 503 g/mol. The van der Waals surface area contributed by atoms with Crippen LogP contribution in [0.5, 0.6) is 5.75 Å². The molecule has 0 radical (unpaired) electrons. The summed E-state index contributed by atoms with van der Waals surface area (Å²) in [5.41, 5.74) is 2.32. The molecule has 4 rings (SSSR count). The largest absolute Gasteiger partial charge is 0.573 e. The van der Waals surface area contributed by atoms with E-state index in [1.54, 1.807) is 24.3 Å². The minimum Gasteiger partial charge on any atom is -0.465 e. The summed E-state index contributed by atoms with van der Waals surface area (Å²) in [6.07, 6.45) is -5.77. The molecule has 36 heavy (non-hydrogen) atoms. The maximum atomic E-state index is 13.2. The minimum atomic E-state index is -4.86. The van der Waals surface area contributed by atoms with Gasteiger partial charge in [-0.25, -0.2) is 9.18 Å². The molecule has 2 atom stereocenters. The molecule has 0 aliphatic carbocycles. The number of esters is 1. The number of para-hydroxylation sites is 1. The van der Waals surface area contributed by atoms with Crippen LogP contribution in [0.15, 0.2) is 72.8 Å². The highest BCUT2D eigenvalue weighted by atomic mass is 19.4. The second-order valence-electron chi connectivity index (χ2n) is 8.73. The first-order valence-electron chi connectivity index (χ1n) is 11.3. The van der Waals surface area contributed by atoms with E-state index >= 15 is 0 Å². The molecular formula is C27H25F4NO4. The van der Waals surface area contributed by atoms with Gasteiger partial charge in [-0.2, -0.15) is 0 Å². The third-order valence-corrected chi connectivity index (χ3v) is 6.30. The number of carbonyl (C=O) groups is 1. The summed E-state index contributed by atoms with van der Waals surface area (Å²) in [5, 5.41) is 10.1. The molecule has 9 heteroatoms. The van der Waals surface area contributed by atoms with Crippen molar-refractivity contribution in [1.29, 1.82) is 0 Å². The fourth-order valence-corrected chi connectivity index (χ4v) is 4.88. The first kappa shape index (κ1) is 25.5. The quantitative estimate of drug-likeness (QED) is 0.344. The Morgan fingerprint density at radius 1 is 1.08 bits per heavy atom. The molecule has 0 saturated heterocycles. The van der Waals surface area contributed by atoms with Crippen LogP contribution in [0.1, 0.15) is 27.0 Å². The van der Waals surface area contributed by atoms with Crippen molar-refractivity contribution >= 4 is 11.7 Å². The summed E-state index contributed by atoms with van der Waals surface area (Å²) >= 11 is 0. The Morgan fingerprint density at radius 2 is 1.83 bits per heavy atom. The molecule has 1 aliphatic rings. The molecule has 3 aromatic carbocycles. The maximum absolute atomic E-state index is 13.2. The van der Waals surface area contributed by atoms with E-state index in [2.05, 4.69) is 4.74 Å². The van der Waals surface area contributed by atoms with Crippen molar-refractivity contribution in [2.45, 2.75) is 24.3 Å². The van der Waals surface area contributed by atoms with E-state index in [4.69, 9.17) is 4.74 Å². The van der Waals surface area contributed by atoms with Crippen LogP contribution in [0.2, 0.25) is 0 Å². The number of carbonyl (C=O) groups excluding carboxylic acids is 1. The lowest BCUT2D eigenvalue weighted by Crippen LogP contribution is -2.40. The summed E-state index contributed by atoms with van der Waals surface area (Å²) in [7, 11) is 1.28. The smallest absolute Gasteiger partial charge is 0.465 e. The zero-order chi connectivity index (χ0) is 25.9. The van der Waals surface area contributed by atoms with Gasteiger partial charge in [0.1, 0.15) is 12.4 Å². The predicted octanol–water partition coefficient (Wildman–Crippen LogP) is 5.05. The highest BCUT2D eigenvalue weighted by Crippen LogP contribution is 2.48. The molecule has 1 aliphatic heterocycles. The predicted molar refractivity (Wildman–Crippen MR) is 126 cm³/mol. The molecule has 0 amide bonds. The van der Waals surface area contributed by atoms with E-state index in [0.717, 1.165) is 16.8 Å². The third-order valence-electron chi connectivity index (χ3n) is 6.30. The number of methoxy groups -OCH3 is 1. The number of alkyl halides is 4. The van der Waals surface area contributed by atoms with E-state index in [1.165, 1.54) is 25.3 Å². The Morgan fingerprint density at radius 3 is 2.56 bits per heavy atom. The Balaban J connectivity index is 1.85. The Labute approximate surface area is 205 Å². The number of aliphatic hydroxyl groups excluding tert-OH is 1. The number of ether oxygens (including phenoxy) is 2. The molecule has 0 saturated carbocycles. The first-order valence-corrected chi connectivity index (χ1v) is 11.3. The lowest BCUT2D eigenvalue weighted by Gasteiger charge is -2.33. The van der Waals surface area contributed by atoms with Crippen LogP contribution in [0, 0.1) is 0 Å². The lowest BCUT2D eigenvalue weighted by molar-refractivity contribution is -0.274. The summed E-state index contributed by atoms with van der Waals surface area (Å²) < 4.78 is 61.2. The van der Waals surface area contributed by atoms with Gasteiger partial charge in [0.15, 0.2) is 0 Å². The molecule has 5 nitrogen and oxygen atoms in total. The molecule has 1 unspecified atom stereocenters. The molecular weight excluding hydrogens is 478 g/mol. The topological polar surface area (TPSA) is 59.0 Å². The van der Waals surface area contributed by atoms with Gasteiger partial charge in [0, 0.05) is 24.2 Å². The van der Waals surface area contributed by atoms with Crippen molar-refractivity contribution < 1.29 is 36.9 Å². The van der Waals surface area contributed by atoms with Gasteiger partial charge in [-0.3, -0.25) is 0 Å². The van der Waals surface area contributed by atoms with Crippen LogP contribution < -0.4 is 9.64 Å². The molecule has 1 N–H and O–H groups in total. The standard InChI is InChI=1S/C27H25F4NO4/c1-35-25(34)19-7-4-6-18(12-19)14-26(20-8-5-9-22(13-20)36-27(29,30)31)17-32(16-21(33)15-28)24-11-3-2-10-23(24)26/h2-13,21,33H,14-17H2,1H3/t21-,26?/m0/s1. The molecule has 0 fully saturated rings. The van der Waals surface area contributed by atoms with Crippen LogP contribution >= 0.6 is 0 Å². The van der Waals surface area contributed by atoms with Crippen molar-refractivity contribution in [3.05, 3.63) is 95.1 Å². The third kappa shape index (κ3) is 5.31. The second-order valence-corrected chi connectivity index (χ2v) is 8.73. The fraction of sp³-hybridized carbons (Fsp3) is 0.296. The number of nitrogens with zero attached hydrogens (tertiary/aromatic N) is 1. The van der Waals surface area contributed by atoms with Crippen molar-refractivity contribution in [3.63, 3.8) is 0 Å². The van der Waals surface area contributed by atoms with Crippen molar-refractivity contribution in [1.82, 2.24) is 0 Å². The zero-order valence-electron chi connectivity index (χ0n) is 19.5. The highest BCUT2D eigenvalue weighted by molar-refractivity contribution is 5.89. The summed E-state index contributed by atoms with van der Waals surface area (Å²) in [6, 6.07) is 20.0. The molecule has 190 valence electrons. The SMILES string of the molecule is COC(=O)c1cccc(CC2(c3cccc(OC(F)(F)F)c3)CN(C[C@@H](O)CF)c3ccccc32)c1. The summed E-state index contributed by atoms with van der Waals surface area (Å²) in [4.78, 5) is 14.0. The van der Waals surface area contributed by atoms with Gasteiger partial charge in [-0.15, -0.1) is 13.2 Å². The number of anilines is 1. The number of halogens is 4. The van der Waals surface area contributed by atoms with Gasteiger partial charge in [0.2, 0.25) is 0 Å². The van der Waals surface area contributed by atoms with E-state index in [9.17, 15) is 27.5 Å². The highest BCUT2D eigenvalue weighted by Gasteiger charge is 2.45. The maximum Gasteiger partial charge on any atom is 0.573 e. The zero-order valence-corrected chi connectivity index (χ0v) is 19.5. The first-order chi connectivity index (χ1) is 17.1. The number of hydrogen-bond acceptors (Lipinski definition) is 5. The normalized spacial score (nSPS) is 18.0. The second kappa shape index (κ2) is 10.2. The Kier molecular flexibility index (Phi) is 7.21. The van der Waals surface area contributed by atoms with Crippen molar-refractivity contribution in [2.75, 3.05) is 31.8 Å². The fourth-order valence-electron chi connectivity index (χ4n) is 4.88. The van der Waals surface area contributed by atoms with Crippen LogP contribution in [-0.4, -0.2) is 50.4 Å². The van der Waals surface area contributed by atoms with Crippen LogP contribution in [0.25, 0.3) is 0 Å². The van der Waals surface area contributed by atoms with Crippen LogP contribution in [0.4, 0.5) is 23.2 Å². The molecule has 1 heterocycles. The van der Waals surface area contributed by atoms with Gasteiger partial charge >= 0.3 is 12.3 Å². The molecule has 0 aromatic heterocycles. The number of β-amino-alcohol motifs (C(OH)–C–C–N with tert-alkyl or cyclic N) is 1. The van der Waals surface area contributed by atoms with E-state index in [-0.39, 0.29) is 18.8 Å². The Hall–Kier alpha value is -3.59. The van der Waals surface area contributed by atoms with Crippen molar-refractivity contribution in [2.24, 2.45) is 0 Å². The Bertz CT molecular complexity index is 1230. The van der Waals surface area contributed by atoms with Gasteiger partial charge in [-0.1, -0.05) is 42.5 Å². The van der Waals surface area contributed by atoms with E-state index in [0.29, 0.717) is 17.5 Å². The average Bonchev–Trinajstić information content (AvgIpc) is 3.16. The summed E-state index contributed by atoms with van der Waals surface area (Å²) in [6.45, 7) is -0.653.